The maximum Gasteiger partial charge on any atom is 0.241 e. The molecule has 0 amide bonds. The van der Waals surface area contributed by atoms with Gasteiger partial charge in [-0.05, 0) is 36.4 Å². The fourth-order valence-corrected chi connectivity index (χ4v) is 4.72. The highest BCUT2D eigenvalue weighted by Crippen LogP contribution is 2.32. The zero-order chi connectivity index (χ0) is 18.9. The first-order chi connectivity index (χ1) is 13.0. The van der Waals surface area contributed by atoms with Gasteiger partial charge in [-0.25, -0.2) is 13.1 Å². The van der Waals surface area contributed by atoms with Gasteiger partial charge < -0.3 is 19.0 Å². The average Bonchev–Trinajstić information content (AvgIpc) is 3.37. The van der Waals surface area contributed by atoms with Crippen LogP contribution in [0.5, 0.6) is 11.5 Å². The molecule has 27 heavy (non-hydrogen) atoms. The molecule has 0 spiro atoms. The van der Waals surface area contributed by atoms with Gasteiger partial charge in [0.15, 0.2) is 11.5 Å². The van der Waals surface area contributed by atoms with E-state index < -0.39 is 16.1 Å². The van der Waals surface area contributed by atoms with Crippen LogP contribution in [-0.4, -0.2) is 26.7 Å². The molecule has 1 atom stereocenters. The van der Waals surface area contributed by atoms with Crippen LogP contribution < -0.4 is 14.2 Å². The SMILES string of the molecule is O=S(=O)(NCc1ccc([C@H](O)c2ccco2)s1)c1ccc2c(c1)OCCO2. The molecule has 3 aromatic rings. The molecule has 1 aliphatic rings. The first kappa shape index (κ1) is 18.1. The third-order valence-electron chi connectivity index (χ3n) is 4.02. The molecule has 3 heterocycles. The van der Waals surface area contributed by atoms with Gasteiger partial charge in [-0.1, -0.05) is 0 Å². The third-order valence-corrected chi connectivity index (χ3v) is 6.56. The van der Waals surface area contributed by atoms with Crippen molar-refractivity contribution in [1.29, 1.82) is 0 Å². The Morgan fingerprint density at radius 3 is 2.70 bits per heavy atom. The molecule has 0 saturated heterocycles. The predicted molar refractivity (Wildman–Crippen MR) is 98.5 cm³/mol. The Morgan fingerprint density at radius 2 is 1.93 bits per heavy atom. The summed E-state index contributed by atoms with van der Waals surface area (Å²) in [6, 6.07) is 11.5. The fourth-order valence-electron chi connectivity index (χ4n) is 2.66. The van der Waals surface area contributed by atoms with Crippen LogP contribution in [0.4, 0.5) is 0 Å². The standard InChI is InChI=1S/C18H17NO6S2/c20-18(15-2-1-7-23-15)17-6-3-12(26-17)11-19-27(21,22)13-4-5-14-16(10-13)25-9-8-24-14/h1-7,10,18-20H,8-9,11H2/t18-/m1/s1. The summed E-state index contributed by atoms with van der Waals surface area (Å²) < 4.78 is 43.7. The number of aliphatic hydroxyl groups is 1. The lowest BCUT2D eigenvalue weighted by atomic mass is 10.2. The van der Waals surface area contributed by atoms with Gasteiger partial charge in [0.05, 0.1) is 11.2 Å². The molecule has 9 heteroatoms. The van der Waals surface area contributed by atoms with Crippen LogP contribution >= 0.6 is 11.3 Å². The molecule has 0 bridgehead atoms. The van der Waals surface area contributed by atoms with Crippen LogP contribution in [0.1, 0.15) is 21.6 Å². The molecule has 0 aliphatic carbocycles. The summed E-state index contributed by atoms with van der Waals surface area (Å²) in [5, 5.41) is 10.3. The van der Waals surface area contributed by atoms with Crippen molar-refractivity contribution >= 4 is 21.4 Å². The second kappa shape index (κ2) is 7.35. The van der Waals surface area contributed by atoms with E-state index in [0.29, 0.717) is 35.4 Å². The number of hydrogen-bond acceptors (Lipinski definition) is 7. The minimum absolute atomic E-state index is 0.110. The van der Waals surface area contributed by atoms with Gasteiger partial charge in [0.1, 0.15) is 25.1 Å². The van der Waals surface area contributed by atoms with Crippen LogP contribution in [0.3, 0.4) is 0 Å². The van der Waals surface area contributed by atoms with Gasteiger partial charge in [0.25, 0.3) is 0 Å². The van der Waals surface area contributed by atoms with Gasteiger partial charge in [-0.15, -0.1) is 11.3 Å². The molecule has 0 unspecified atom stereocenters. The highest BCUT2D eigenvalue weighted by Gasteiger charge is 2.20. The molecule has 7 nitrogen and oxygen atoms in total. The number of benzene rings is 1. The third kappa shape index (κ3) is 3.86. The predicted octanol–water partition coefficient (Wildman–Crippen LogP) is 2.67. The topological polar surface area (TPSA) is 98.0 Å². The maximum absolute atomic E-state index is 12.6. The Bertz CT molecular complexity index is 1030. The van der Waals surface area contributed by atoms with Crippen molar-refractivity contribution in [2.45, 2.75) is 17.5 Å². The lowest BCUT2D eigenvalue weighted by Crippen LogP contribution is -2.23. The number of hydrogen-bond donors (Lipinski definition) is 2. The second-order valence-corrected chi connectivity index (χ2v) is 8.82. The van der Waals surface area contributed by atoms with E-state index in [1.165, 1.54) is 29.7 Å². The Morgan fingerprint density at radius 1 is 1.11 bits per heavy atom. The molecule has 1 aliphatic heterocycles. The molecular formula is C18H17NO6S2. The first-order valence-corrected chi connectivity index (χ1v) is 10.5. The van der Waals surface area contributed by atoms with E-state index in [4.69, 9.17) is 13.9 Å². The largest absolute Gasteiger partial charge is 0.486 e. The highest BCUT2D eigenvalue weighted by atomic mass is 32.2. The Hall–Kier alpha value is -2.33. The summed E-state index contributed by atoms with van der Waals surface area (Å²) in [4.78, 5) is 1.56. The van der Waals surface area contributed by atoms with Crippen LogP contribution in [0.25, 0.3) is 0 Å². The van der Waals surface area contributed by atoms with Crippen molar-refractivity contribution in [2.75, 3.05) is 13.2 Å². The van der Waals surface area contributed by atoms with Gasteiger partial charge >= 0.3 is 0 Å². The number of aliphatic hydroxyl groups excluding tert-OH is 1. The van der Waals surface area contributed by atoms with E-state index in [9.17, 15) is 13.5 Å². The lowest BCUT2D eigenvalue weighted by Gasteiger charge is -2.18. The molecule has 2 aromatic heterocycles. The minimum Gasteiger partial charge on any atom is -0.486 e. The van der Waals surface area contributed by atoms with Crippen molar-refractivity contribution in [3.05, 3.63) is 64.2 Å². The summed E-state index contributed by atoms with van der Waals surface area (Å²) in [6.07, 6.45) is 0.627. The molecule has 0 saturated carbocycles. The van der Waals surface area contributed by atoms with Crippen LogP contribution in [-0.2, 0) is 16.6 Å². The second-order valence-electron chi connectivity index (χ2n) is 5.85. The van der Waals surface area contributed by atoms with E-state index in [1.807, 2.05) is 0 Å². The number of ether oxygens (including phenoxy) is 2. The number of furan rings is 1. The van der Waals surface area contributed by atoms with E-state index in [0.717, 1.165) is 4.88 Å². The monoisotopic (exact) mass is 407 g/mol. The Labute approximate surface area is 160 Å². The Balaban J connectivity index is 1.45. The molecule has 142 valence electrons. The van der Waals surface area contributed by atoms with Gasteiger partial charge in [0, 0.05) is 22.4 Å². The van der Waals surface area contributed by atoms with Gasteiger partial charge in [-0.3, -0.25) is 0 Å². The number of fused-ring (bicyclic) bond motifs is 1. The van der Waals surface area contributed by atoms with Crippen molar-refractivity contribution in [2.24, 2.45) is 0 Å². The normalized spacial score (nSPS) is 14.9. The molecule has 1 aromatic carbocycles. The number of rotatable bonds is 6. The summed E-state index contributed by atoms with van der Waals surface area (Å²) in [6.45, 7) is 0.953. The number of sulfonamides is 1. The van der Waals surface area contributed by atoms with Crippen molar-refractivity contribution in [3.63, 3.8) is 0 Å². The Kier molecular flexibility index (Phi) is 4.92. The summed E-state index contributed by atoms with van der Waals surface area (Å²) in [5.74, 6) is 1.40. The highest BCUT2D eigenvalue weighted by molar-refractivity contribution is 7.89. The summed E-state index contributed by atoms with van der Waals surface area (Å²) in [5.41, 5.74) is 0. The van der Waals surface area contributed by atoms with Crippen molar-refractivity contribution < 1.29 is 27.4 Å². The zero-order valence-corrected chi connectivity index (χ0v) is 15.8. The van der Waals surface area contributed by atoms with E-state index in [1.54, 1.807) is 30.3 Å². The molecular weight excluding hydrogens is 390 g/mol. The number of thiophene rings is 1. The quantitative estimate of drug-likeness (QED) is 0.652. The summed E-state index contributed by atoms with van der Waals surface area (Å²) >= 11 is 1.32. The molecule has 4 rings (SSSR count). The van der Waals surface area contributed by atoms with Crippen LogP contribution in [0, 0.1) is 0 Å². The minimum atomic E-state index is -3.71. The first-order valence-electron chi connectivity index (χ1n) is 8.22. The number of nitrogens with one attached hydrogen (secondary N) is 1. The zero-order valence-electron chi connectivity index (χ0n) is 14.1. The average molecular weight is 407 g/mol. The van der Waals surface area contributed by atoms with Gasteiger partial charge in [0.2, 0.25) is 10.0 Å². The molecule has 0 fully saturated rings. The van der Waals surface area contributed by atoms with Gasteiger partial charge in [-0.2, -0.15) is 0 Å². The smallest absolute Gasteiger partial charge is 0.241 e. The van der Waals surface area contributed by atoms with Crippen molar-refractivity contribution in [1.82, 2.24) is 4.72 Å². The van der Waals surface area contributed by atoms with Crippen LogP contribution in [0.15, 0.2) is 58.0 Å². The van der Waals surface area contributed by atoms with Crippen LogP contribution in [0.2, 0.25) is 0 Å². The van der Waals surface area contributed by atoms with E-state index >= 15 is 0 Å². The summed E-state index contributed by atoms with van der Waals surface area (Å²) in [7, 11) is -3.71. The van der Waals surface area contributed by atoms with E-state index in [2.05, 4.69) is 4.72 Å². The van der Waals surface area contributed by atoms with E-state index in [-0.39, 0.29) is 11.4 Å². The molecule has 0 radical (unpaired) electrons. The van der Waals surface area contributed by atoms with Crippen molar-refractivity contribution in [3.8, 4) is 11.5 Å². The fraction of sp³-hybridized carbons (Fsp3) is 0.222. The molecule has 2 N–H and O–H groups in total. The lowest BCUT2D eigenvalue weighted by molar-refractivity contribution is 0.171. The maximum atomic E-state index is 12.6.